The summed E-state index contributed by atoms with van der Waals surface area (Å²) in [5.74, 6) is -0.0351. The van der Waals surface area contributed by atoms with Crippen molar-refractivity contribution in [3.63, 3.8) is 0 Å². The molecule has 104 valence electrons. The summed E-state index contributed by atoms with van der Waals surface area (Å²) < 4.78 is 0. The van der Waals surface area contributed by atoms with Crippen molar-refractivity contribution in [3.05, 3.63) is 0 Å². The Bertz CT molecular complexity index is 286. The zero-order valence-electron chi connectivity index (χ0n) is 11.7. The fourth-order valence-corrected chi connectivity index (χ4v) is 2.17. The van der Waals surface area contributed by atoms with Gasteiger partial charge in [0.2, 0.25) is 11.8 Å². The molecule has 5 nitrogen and oxygen atoms in total. The van der Waals surface area contributed by atoms with Crippen LogP contribution in [0.15, 0.2) is 0 Å². The third-order valence-corrected chi connectivity index (χ3v) is 3.09. The lowest BCUT2D eigenvalue weighted by Crippen LogP contribution is -2.51. The van der Waals surface area contributed by atoms with Gasteiger partial charge in [0, 0.05) is 12.6 Å². The van der Waals surface area contributed by atoms with E-state index in [1.807, 2.05) is 20.8 Å². The van der Waals surface area contributed by atoms with Crippen LogP contribution in [0, 0.1) is 0 Å². The molecule has 2 N–H and O–H groups in total. The molecule has 1 aliphatic heterocycles. The highest BCUT2D eigenvalue weighted by molar-refractivity contribution is 5.87. The van der Waals surface area contributed by atoms with E-state index in [0.717, 1.165) is 25.8 Å². The summed E-state index contributed by atoms with van der Waals surface area (Å²) in [7, 11) is 0. The van der Waals surface area contributed by atoms with E-state index < -0.39 is 0 Å². The van der Waals surface area contributed by atoms with Crippen molar-refractivity contribution in [2.24, 2.45) is 0 Å². The summed E-state index contributed by atoms with van der Waals surface area (Å²) in [4.78, 5) is 25.5. The quantitative estimate of drug-likeness (QED) is 0.752. The number of likely N-dealkylation sites (N-methyl/N-ethyl adjacent to an activating group) is 1. The number of rotatable bonds is 5. The van der Waals surface area contributed by atoms with Crippen molar-refractivity contribution in [1.82, 2.24) is 15.5 Å². The van der Waals surface area contributed by atoms with E-state index in [-0.39, 0.29) is 30.4 Å². The molecule has 2 amide bonds. The molecule has 1 atom stereocenters. The Morgan fingerprint density at radius 1 is 1.39 bits per heavy atom. The summed E-state index contributed by atoms with van der Waals surface area (Å²) in [5.41, 5.74) is 0. The predicted octanol–water partition coefficient (Wildman–Crippen LogP) is 0.502. The van der Waals surface area contributed by atoms with Crippen molar-refractivity contribution in [3.8, 4) is 0 Å². The zero-order valence-corrected chi connectivity index (χ0v) is 11.7. The summed E-state index contributed by atoms with van der Waals surface area (Å²) >= 11 is 0. The van der Waals surface area contributed by atoms with Crippen molar-refractivity contribution >= 4 is 11.8 Å². The molecule has 1 rings (SSSR count). The van der Waals surface area contributed by atoms with Crippen LogP contribution in [0.25, 0.3) is 0 Å². The van der Waals surface area contributed by atoms with Gasteiger partial charge >= 0.3 is 0 Å². The molecular weight excluding hydrogens is 230 g/mol. The number of carbonyl (C=O) groups is 2. The molecule has 0 aromatic rings. The Balaban J connectivity index is 2.48. The van der Waals surface area contributed by atoms with E-state index in [4.69, 9.17) is 0 Å². The van der Waals surface area contributed by atoms with E-state index in [2.05, 4.69) is 10.6 Å². The SMILES string of the molecule is CCN(CC(=O)NC(C)C)C(=O)[C@H]1CCCCN1. The maximum absolute atomic E-state index is 12.2. The van der Waals surface area contributed by atoms with Crippen LogP contribution in [-0.4, -0.2) is 48.4 Å². The Hall–Kier alpha value is -1.10. The first-order valence-corrected chi connectivity index (χ1v) is 6.86. The smallest absolute Gasteiger partial charge is 0.240 e. The molecule has 1 saturated heterocycles. The average Bonchev–Trinajstić information content (AvgIpc) is 2.35. The van der Waals surface area contributed by atoms with Crippen molar-refractivity contribution in [1.29, 1.82) is 0 Å². The second-order valence-corrected chi connectivity index (χ2v) is 5.08. The molecule has 1 fully saturated rings. The minimum atomic E-state index is -0.106. The summed E-state index contributed by atoms with van der Waals surface area (Å²) in [6.07, 6.45) is 3.09. The van der Waals surface area contributed by atoms with E-state index in [1.54, 1.807) is 4.90 Å². The highest BCUT2D eigenvalue weighted by atomic mass is 16.2. The van der Waals surface area contributed by atoms with Crippen LogP contribution in [0.3, 0.4) is 0 Å². The number of hydrogen-bond acceptors (Lipinski definition) is 3. The molecule has 0 bridgehead atoms. The standard InChI is InChI=1S/C13H25N3O2/c1-4-16(9-12(17)15-10(2)3)13(18)11-7-5-6-8-14-11/h10-11,14H,4-9H2,1-3H3,(H,15,17)/t11-/m1/s1. The second-order valence-electron chi connectivity index (χ2n) is 5.08. The van der Waals surface area contributed by atoms with Crippen LogP contribution < -0.4 is 10.6 Å². The van der Waals surface area contributed by atoms with Gasteiger partial charge in [-0.15, -0.1) is 0 Å². The lowest BCUT2D eigenvalue weighted by atomic mass is 10.0. The van der Waals surface area contributed by atoms with Crippen LogP contribution in [0.1, 0.15) is 40.0 Å². The van der Waals surface area contributed by atoms with E-state index >= 15 is 0 Å². The topological polar surface area (TPSA) is 61.4 Å². The number of amides is 2. The highest BCUT2D eigenvalue weighted by Gasteiger charge is 2.25. The third-order valence-electron chi connectivity index (χ3n) is 3.09. The first-order valence-electron chi connectivity index (χ1n) is 6.86. The van der Waals surface area contributed by atoms with Crippen LogP contribution in [0.4, 0.5) is 0 Å². The lowest BCUT2D eigenvalue weighted by Gasteiger charge is -2.29. The van der Waals surface area contributed by atoms with E-state index in [9.17, 15) is 9.59 Å². The molecule has 0 radical (unpaired) electrons. The first kappa shape index (κ1) is 15.0. The Labute approximate surface area is 109 Å². The van der Waals surface area contributed by atoms with Crippen molar-refractivity contribution in [2.75, 3.05) is 19.6 Å². The number of carbonyl (C=O) groups excluding carboxylic acids is 2. The largest absolute Gasteiger partial charge is 0.352 e. The molecule has 1 heterocycles. The molecule has 18 heavy (non-hydrogen) atoms. The molecule has 1 aliphatic rings. The highest BCUT2D eigenvalue weighted by Crippen LogP contribution is 2.09. The first-order chi connectivity index (χ1) is 8.54. The van der Waals surface area contributed by atoms with E-state index in [1.165, 1.54) is 0 Å². The molecule has 0 aromatic heterocycles. The molecule has 0 aromatic carbocycles. The predicted molar refractivity (Wildman–Crippen MR) is 71.2 cm³/mol. The number of nitrogens with zero attached hydrogens (tertiary/aromatic N) is 1. The Morgan fingerprint density at radius 3 is 2.61 bits per heavy atom. The molecule has 5 heteroatoms. The summed E-state index contributed by atoms with van der Waals surface area (Å²) in [5, 5.41) is 6.04. The van der Waals surface area contributed by atoms with Crippen molar-refractivity contribution < 1.29 is 9.59 Å². The second kappa shape index (κ2) is 7.36. The van der Waals surface area contributed by atoms with Crippen LogP contribution >= 0.6 is 0 Å². The molecule has 0 unspecified atom stereocenters. The van der Waals surface area contributed by atoms with Crippen LogP contribution in [0.5, 0.6) is 0 Å². The average molecular weight is 255 g/mol. The van der Waals surface area contributed by atoms with Gasteiger partial charge in [0.1, 0.15) is 0 Å². The lowest BCUT2D eigenvalue weighted by molar-refractivity contribution is -0.138. The third kappa shape index (κ3) is 4.64. The molecular formula is C13H25N3O2. The molecule has 0 spiro atoms. The number of piperidine rings is 1. The van der Waals surface area contributed by atoms with Gasteiger partial charge in [0.25, 0.3) is 0 Å². The maximum atomic E-state index is 12.2. The summed E-state index contributed by atoms with van der Waals surface area (Å²) in [6.45, 7) is 7.36. The zero-order chi connectivity index (χ0) is 13.5. The van der Waals surface area contributed by atoms with Crippen molar-refractivity contribution in [2.45, 2.75) is 52.1 Å². The number of nitrogens with one attached hydrogen (secondary N) is 2. The summed E-state index contributed by atoms with van der Waals surface area (Å²) in [6, 6.07) is 0.00432. The monoisotopic (exact) mass is 255 g/mol. The maximum Gasteiger partial charge on any atom is 0.240 e. The number of hydrogen-bond donors (Lipinski definition) is 2. The van der Waals surface area contributed by atoms with Crippen LogP contribution in [-0.2, 0) is 9.59 Å². The Morgan fingerprint density at radius 2 is 2.11 bits per heavy atom. The minimum absolute atomic E-state index is 0.0520. The fourth-order valence-electron chi connectivity index (χ4n) is 2.17. The van der Waals surface area contributed by atoms with Gasteiger partial charge in [0.05, 0.1) is 12.6 Å². The van der Waals surface area contributed by atoms with Gasteiger partial charge in [-0.2, -0.15) is 0 Å². The Kier molecular flexibility index (Phi) is 6.12. The fraction of sp³-hybridized carbons (Fsp3) is 0.846. The van der Waals surface area contributed by atoms with Gasteiger partial charge in [-0.25, -0.2) is 0 Å². The van der Waals surface area contributed by atoms with Gasteiger partial charge in [-0.3, -0.25) is 9.59 Å². The minimum Gasteiger partial charge on any atom is -0.352 e. The van der Waals surface area contributed by atoms with Gasteiger partial charge in [-0.1, -0.05) is 6.42 Å². The van der Waals surface area contributed by atoms with Gasteiger partial charge in [0.15, 0.2) is 0 Å². The normalized spacial score (nSPS) is 19.7. The molecule has 0 saturated carbocycles. The molecule has 0 aliphatic carbocycles. The van der Waals surface area contributed by atoms with E-state index in [0.29, 0.717) is 6.54 Å². The van der Waals surface area contributed by atoms with Crippen LogP contribution in [0.2, 0.25) is 0 Å². The van der Waals surface area contributed by atoms with Gasteiger partial charge in [-0.05, 0) is 40.2 Å². The van der Waals surface area contributed by atoms with Gasteiger partial charge < -0.3 is 15.5 Å².